The number of likely N-dealkylation sites (tertiary alicyclic amines) is 1. The highest BCUT2D eigenvalue weighted by Crippen LogP contribution is 2.44. The lowest BCUT2D eigenvalue weighted by Crippen LogP contribution is -2.47. The van der Waals surface area contributed by atoms with Gasteiger partial charge in [0.25, 0.3) is 5.91 Å². The molecule has 1 aromatic heterocycles. The number of benzene rings is 2. The van der Waals surface area contributed by atoms with Crippen LogP contribution in [0.1, 0.15) is 56.8 Å². The first-order valence-electron chi connectivity index (χ1n) is 16.0. The molecule has 2 amide bonds. The predicted octanol–water partition coefficient (Wildman–Crippen LogP) is 5.30. The minimum absolute atomic E-state index is 0.0558. The summed E-state index contributed by atoms with van der Waals surface area (Å²) in [6.45, 7) is 14.1. The second-order valence-corrected chi connectivity index (χ2v) is 13.8. The van der Waals surface area contributed by atoms with Crippen LogP contribution in [0.2, 0.25) is 0 Å². The van der Waals surface area contributed by atoms with E-state index >= 15 is 0 Å². The fraction of sp³-hybridized carbons (Fsp3) is 0.514. The van der Waals surface area contributed by atoms with Gasteiger partial charge in [-0.2, -0.15) is 5.10 Å². The maximum atomic E-state index is 13.8. The second-order valence-electron chi connectivity index (χ2n) is 13.8. The van der Waals surface area contributed by atoms with Gasteiger partial charge in [-0.1, -0.05) is 20.8 Å². The molecule has 3 aromatic rings. The van der Waals surface area contributed by atoms with Gasteiger partial charge in [-0.25, -0.2) is 0 Å². The van der Waals surface area contributed by atoms with Gasteiger partial charge in [-0.15, -0.1) is 0 Å². The molecule has 2 aromatic carbocycles. The molecule has 3 fully saturated rings. The fourth-order valence-electron chi connectivity index (χ4n) is 6.87. The number of carbonyl (C=O) groups is 2. The van der Waals surface area contributed by atoms with Crippen LogP contribution >= 0.6 is 0 Å². The molecule has 0 unspecified atom stereocenters. The molecule has 0 atom stereocenters. The molecule has 0 saturated carbocycles. The normalized spacial score (nSPS) is 19.2. The Morgan fingerprint density at radius 3 is 2.25 bits per heavy atom. The van der Waals surface area contributed by atoms with E-state index in [1.165, 1.54) is 12.1 Å². The number of H-pyrrole nitrogens is 1. The van der Waals surface area contributed by atoms with E-state index in [9.17, 15) is 9.59 Å². The number of ether oxygens (including phenoxy) is 1. The SMILES string of the molecule is COc1cc(N2CCC3(CCN(C(=O)c4ccc(N5CCN(CCC(C)(C)C)CC5)cc4)CC3)C2=O)ccc1-c1cn[nH]c1. The van der Waals surface area contributed by atoms with Gasteiger partial charge < -0.3 is 19.4 Å². The van der Waals surface area contributed by atoms with Crippen LogP contribution in [-0.2, 0) is 4.79 Å². The van der Waals surface area contributed by atoms with E-state index in [0.717, 1.165) is 61.5 Å². The summed E-state index contributed by atoms with van der Waals surface area (Å²) in [6.07, 6.45) is 6.98. The van der Waals surface area contributed by atoms with Crippen LogP contribution in [0.15, 0.2) is 54.9 Å². The van der Waals surface area contributed by atoms with E-state index in [4.69, 9.17) is 4.74 Å². The van der Waals surface area contributed by atoms with E-state index in [0.29, 0.717) is 43.6 Å². The second kappa shape index (κ2) is 12.3. The molecular weight excluding hydrogens is 552 g/mol. The lowest BCUT2D eigenvalue weighted by molar-refractivity contribution is -0.127. The quantitative estimate of drug-likeness (QED) is 0.397. The highest BCUT2D eigenvalue weighted by atomic mass is 16.5. The number of nitrogens with zero attached hydrogens (tertiary/aromatic N) is 5. The minimum Gasteiger partial charge on any atom is -0.496 e. The number of hydrogen-bond acceptors (Lipinski definition) is 6. The summed E-state index contributed by atoms with van der Waals surface area (Å²) in [5.74, 6) is 0.924. The van der Waals surface area contributed by atoms with Gasteiger partial charge in [-0.05, 0) is 74.0 Å². The average Bonchev–Trinajstić information content (AvgIpc) is 3.69. The molecule has 3 aliphatic heterocycles. The zero-order chi connectivity index (χ0) is 30.9. The third-order valence-corrected chi connectivity index (χ3v) is 9.86. The maximum Gasteiger partial charge on any atom is 0.253 e. The monoisotopic (exact) mass is 598 g/mol. The van der Waals surface area contributed by atoms with Crippen LogP contribution in [-0.4, -0.2) is 91.3 Å². The van der Waals surface area contributed by atoms with Gasteiger partial charge in [0.1, 0.15) is 5.75 Å². The van der Waals surface area contributed by atoms with Crippen molar-refractivity contribution in [2.45, 2.75) is 46.5 Å². The van der Waals surface area contributed by atoms with Crippen LogP contribution in [0.25, 0.3) is 11.1 Å². The molecule has 3 aliphatic rings. The molecule has 6 rings (SSSR count). The number of hydrogen-bond donors (Lipinski definition) is 1. The lowest BCUT2D eigenvalue weighted by Gasteiger charge is -2.38. The first kappa shape index (κ1) is 30.2. The smallest absolute Gasteiger partial charge is 0.253 e. The Balaban J connectivity index is 1.03. The first-order chi connectivity index (χ1) is 21.2. The predicted molar refractivity (Wildman–Crippen MR) is 174 cm³/mol. The molecule has 1 N–H and O–H groups in total. The van der Waals surface area contributed by atoms with Crippen LogP contribution in [0.5, 0.6) is 5.75 Å². The van der Waals surface area contributed by atoms with Crippen LogP contribution in [0.3, 0.4) is 0 Å². The van der Waals surface area contributed by atoms with Crippen molar-refractivity contribution in [1.29, 1.82) is 0 Å². The number of methoxy groups -OCH3 is 1. The molecule has 9 heteroatoms. The summed E-state index contributed by atoms with van der Waals surface area (Å²) in [5.41, 5.74) is 4.57. The van der Waals surface area contributed by atoms with Crippen LogP contribution in [0, 0.1) is 10.8 Å². The molecule has 44 heavy (non-hydrogen) atoms. The van der Waals surface area contributed by atoms with Crippen LogP contribution < -0.4 is 14.5 Å². The number of amides is 2. The molecule has 4 heterocycles. The van der Waals surface area contributed by atoms with Gasteiger partial charge in [0, 0.05) is 86.1 Å². The molecule has 0 aliphatic carbocycles. The number of carbonyl (C=O) groups excluding carboxylic acids is 2. The molecule has 234 valence electrons. The average molecular weight is 599 g/mol. The van der Waals surface area contributed by atoms with Gasteiger partial charge in [-0.3, -0.25) is 19.6 Å². The van der Waals surface area contributed by atoms with E-state index in [2.05, 4.69) is 52.9 Å². The van der Waals surface area contributed by atoms with Crippen LogP contribution in [0.4, 0.5) is 11.4 Å². The molecule has 0 bridgehead atoms. The molecular formula is C35H46N6O3. The minimum atomic E-state index is -0.411. The fourth-order valence-corrected chi connectivity index (χ4v) is 6.87. The number of anilines is 2. The maximum absolute atomic E-state index is 13.8. The van der Waals surface area contributed by atoms with E-state index in [1.807, 2.05) is 46.3 Å². The number of rotatable bonds is 7. The molecule has 3 saturated heterocycles. The molecule has 1 spiro atoms. The van der Waals surface area contributed by atoms with Gasteiger partial charge >= 0.3 is 0 Å². The summed E-state index contributed by atoms with van der Waals surface area (Å²) >= 11 is 0. The Morgan fingerprint density at radius 2 is 1.61 bits per heavy atom. The highest BCUT2D eigenvalue weighted by Gasteiger charge is 2.49. The third kappa shape index (κ3) is 6.20. The third-order valence-electron chi connectivity index (χ3n) is 9.86. The zero-order valence-electron chi connectivity index (χ0n) is 26.6. The zero-order valence-corrected chi connectivity index (χ0v) is 26.6. The van der Waals surface area contributed by atoms with Crippen molar-refractivity contribution in [3.05, 3.63) is 60.4 Å². The Kier molecular flexibility index (Phi) is 8.42. The van der Waals surface area contributed by atoms with Gasteiger partial charge in [0.05, 0.1) is 18.7 Å². The van der Waals surface area contributed by atoms with Crippen molar-refractivity contribution in [2.24, 2.45) is 10.8 Å². The number of piperazine rings is 1. The topological polar surface area (TPSA) is 85.0 Å². The largest absolute Gasteiger partial charge is 0.496 e. The standard InChI is InChI=1S/C35H46N6O3/c1-34(2,3)11-15-38-19-21-39(22-20-38)28-7-5-26(6-8-28)32(42)40-16-12-35(13-17-40)14-18-41(33(35)43)29-9-10-30(31(23-29)44-4)27-24-36-37-25-27/h5-10,23-25H,11-22H2,1-4H3,(H,36,37). The van der Waals surface area contributed by atoms with Gasteiger partial charge in [0.15, 0.2) is 0 Å². The number of piperidine rings is 1. The summed E-state index contributed by atoms with van der Waals surface area (Å²) < 4.78 is 5.66. The number of aromatic nitrogens is 2. The number of aromatic amines is 1. The van der Waals surface area contributed by atoms with E-state index in [1.54, 1.807) is 13.3 Å². The van der Waals surface area contributed by atoms with E-state index in [-0.39, 0.29) is 11.8 Å². The Labute approximate surface area is 261 Å². The van der Waals surface area contributed by atoms with Crippen molar-refractivity contribution >= 4 is 23.2 Å². The van der Waals surface area contributed by atoms with Crippen molar-refractivity contribution in [3.63, 3.8) is 0 Å². The van der Waals surface area contributed by atoms with E-state index < -0.39 is 5.41 Å². The highest BCUT2D eigenvalue weighted by molar-refractivity contribution is 6.01. The Hall–Kier alpha value is -3.85. The summed E-state index contributed by atoms with van der Waals surface area (Å²) in [5, 5.41) is 6.88. The Bertz CT molecular complexity index is 1450. The number of nitrogens with one attached hydrogen (secondary N) is 1. The van der Waals surface area contributed by atoms with Crippen molar-refractivity contribution in [3.8, 4) is 16.9 Å². The first-order valence-corrected chi connectivity index (χ1v) is 16.0. The van der Waals surface area contributed by atoms with Crippen molar-refractivity contribution < 1.29 is 14.3 Å². The molecule has 0 radical (unpaired) electrons. The van der Waals surface area contributed by atoms with Crippen molar-refractivity contribution in [1.82, 2.24) is 20.0 Å². The van der Waals surface area contributed by atoms with Gasteiger partial charge in [0.2, 0.25) is 5.91 Å². The summed E-state index contributed by atoms with van der Waals surface area (Å²) in [7, 11) is 1.65. The summed E-state index contributed by atoms with van der Waals surface area (Å²) in [6, 6.07) is 14.0. The lowest BCUT2D eigenvalue weighted by atomic mass is 9.77. The van der Waals surface area contributed by atoms with Crippen molar-refractivity contribution in [2.75, 3.05) is 69.3 Å². The Morgan fingerprint density at radius 1 is 0.932 bits per heavy atom. The summed E-state index contributed by atoms with van der Waals surface area (Å²) in [4.78, 5) is 36.0. The molecule has 9 nitrogen and oxygen atoms in total.